The molecule has 3 nitrogen and oxygen atoms in total. The van der Waals surface area contributed by atoms with Crippen molar-refractivity contribution in [3.8, 4) is 0 Å². The molecule has 0 N–H and O–H groups in total. The van der Waals surface area contributed by atoms with Gasteiger partial charge in [-0.15, -0.1) is 0 Å². The van der Waals surface area contributed by atoms with Gasteiger partial charge in [0.05, 0.1) is 12.8 Å². The second-order valence-corrected chi connectivity index (χ2v) is 2.11. The van der Waals surface area contributed by atoms with Crippen molar-refractivity contribution in [1.29, 1.82) is 0 Å². The van der Waals surface area contributed by atoms with Crippen molar-refractivity contribution in [2.24, 2.45) is 0 Å². The summed E-state index contributed by atoms with van der Waals surface area (Å²) in [6, 6.07) is 0. The number of thiol groups is 1. The van der Waals surface area contributed by atoms with E-state index in [0.717, 1.165) is 5.56 Å². The molecule has 1 heterocycles. The van der Waals surface area contributed by atoms with Crippen LogP contribution in [-0.4, -0.2) is 16.3 Å². The first kappa shape index (κ1) is 6.64. The summed E-state index contributed by atoms with van der Waals surface area (Å²) >= 11 is 3.95. The highest BCUT2D eigenvalue weighted by molar-refractivity contribution is 7.78. The Morgan fingerprint density at radius 3 is 3.11 bits per heavy atom. The van der Waals surface area contributed by atoms with Gasteiger partial charge in [0.15, 0.2) is 0 Å². The van der Waals surface area contributed by atoms with Crippen molar-refractivity contribution in [1.82, 2.24) is 9.19 Å². The fourth-order valence-corrected chi connectivity index (χ4v) is 0.789. The van der Waals surface area contributed by atoms with Gasteiger partial charge in [-0.3, -0.25) is 0 Å². The number of hydrogen-bond acceptors (Lipinski definition) is 3. The molecule has 0 saturated carbocycles. The largest absolute Gasteiger partial charge is 0.380 e. The summed E-state index contributed by atoms with van der Waals surface area (Å²) in [6.07, 6.45) is 3.52. The van der Waals surface area contributed by atoms with Gasteiger partial charge in [-0.25, -0.2) is 4.09 Å². The minimum absolute atomic E-state index is 0.598. The number of hydrogen-bond donors (Lipinski definition) is 1. The maximum atomic E-state index is 4.85. The van der Waals surface area contributed by atoms with Crippen molar-refractivity contribution >= 4 is 12.8 Å². The lowest BCUT2D eigenvalue weighted by atomic mass is 10.4. The Labute approximate surface area is 59.2 Å². The molecule has 0 spiro atoms. The van der Waals surface area contributed by atoms with Gasteiger partial charge < -0.3 is 4.74 Å². The molecule has 1 aromatic rings. The summed E-state index contributed by atoms with van der Waals surface area (Å²) in [4.78, 5) is 0. The number of rotatable bonds is 2. The van der Waals surface area contributed by atoms with E-state index in [0.29, 0.717) is 6.61 Å². The zero-order valence-electron chi connectivity index (χ0n) is 5.11. The Bertz CT molecular complexity index is 187. The van der Waals surface area contributed by atoms with E-state index in [9.17, 15) is 0 Å². The van der Waals surface area contributed by atoms with Crippen molar-refractivity contribution in [2.75, 3.05) is 7.11 Å². The quantitative estimate of drug-likeness (QED) is 0.619. The highest BCUT2D eigenvalue weighted by Crippen LogP contribution is 1.98. The molecule has 0 amide bonds. The van der Waals surface area contributed by atoms with Gasteiger partial charge in [-0.1, -0.05) is 0 Å². The van der Waals surface area contributed by atoms with Gasteiger partial charge in [0.2, 0.25) is 0 Å². The highest BCUT2D eigenvalue weighted by atomic mass is 32.1. The predicted octanol–water partition coefficient (Wildman–Crippen LogP) is 0.722. The Hall–Kier alpha value is -0.480. The Kier molecular flexibility index (Phi) is 2.13. The van der Waals surface area contributed by atoms with Crippen LogP contribution in [-0.2, 0) is 11.3 Å². The Morgan fingerprint density at radius 2 is 2.67 bits per heavy atom. The van der Waals surface area contributed by atoms with Gasteiger partial charge in [0, 0.05) is 18.9 Å². The van der Waals surface area contributed by atoms with E-state index in [1.54, 1.807) is 19.5 Å². The van der Waals surface area contributed by atoms with Crippen molar-refractivity contribution < 1.29 is 4.74 Å². The molecular formula is C5H8N2OS. The van der Waals surface area contributed by atoms with Gasteiger partial charge in [0.25, 0.3) is 0 Å². The van der Waals surface area contributed by atoms with Crippen LogP contribution >= 0.6 is 12.8 Å². The first-order valence-electron chi connectivity index (χ1n) is 2.54. The second kappa shape index (κ2) is 2.89. The molecule has 0 aliphatic heterocycles. The molecule has 0 bridgehead atoms. The highest BCUT2D eigenvalue weighted by Gasteiger charge is 1.92. The van der Waals surface area contributed by atoms with Crippen LogP contribution in [0.4, 0.5) is 0 Å². The van der Waals surface area contributed by atoms with Crippen LogP contribution in [0, 0.1) is 0 Å². The van der Waals surface area contributed by atoms with E-state index in [-0.39, 0.29) is 0 Å². The van der Waals surface area contributed by atoms with Gasteiger partial charge >= 0.3 is 0 Å². The molecule has 1 rings (SSSR count). The summed E-state index contributed by atoms with van der Waals surface area (Å²) in [5.74, 6) is 0. The maximum absolute atomic E-state index is 4.85. The number of nitrogens with zero attached hydrogens (tertiary/aromatic N) is 2. The van der Waals surface area contributed by atoms with Gasteiger partial charge in [-0.05, 0) is 12.8 Å². The zero-order chi connectivity index (χ0) is 6.69. The molecule has 4 heteroatoms. The lowest BCUT2D eigenvalue weighted by molar-refractivity contribution is 0.185. The summed E-state index contributed by atoms with van der Waals surface area (Å²) in [5.41, 5.74) is 1.03. The topological polar surface area (TPSA) is 27.1 Å². The molecule has 0 aliphatic carbocycles. The number of methoxy groups -OCH3 is 1. The van der Waals surface area contributed by atoms with Crippen LogP contribution in [0.5, 0.6) is 0 Å². The van der Waals surface area contributed by atoms with E-state index in [1.807, 2.05) is 0 Å². The average molecular weight is 144 g/mol. The minimum atomic E-state index is 0.598. The lowest BCUT2D eigenvalue weighted by Gasteiger charge is -1.88. The number of ether oxygens (including phenoxy) is 1. The minimum Gasteiger partial charge on any atom is -0.380 e. The summed E-state index contributed by atoms with van der Waals surface area (Å²) in [6.45, 7) is 0.598. The van der Waals surface area contributed by atoms with Crippen LogP contribution in [0.2, 0.25) is 0 Å². The van der Waals surface area contributed by atoms with Crippen LogP contribution in [0.15, 0.2) is 12.4 Å². The summed E-state index contributed by atoms with van der Waals surface area (Å²) in [5, 5.41) is 3.84. The maximum Gasteiger partial charge on any atom is 0.0744 e. The van der Waals surface area contributed by atoms with Crippen molar-refractivity contribution in [3.63, 3.8) is 0 Å². The van der Waals surface area contributed by atoms with Crippen LogP contribution in [0.25, 0.3) is 0 Å². The van der Waals surface area contributed by atoms with E-state index in [2.05, 4.69) is 17.9 Å². The fourth-order valence-electron chi connectivity index (χ4n) is 0.589. The van der Waals surface area contributed by atoms with Crippen molar-refractivity contribution in [3.05, 3.63) is 18.0 Å². The third-order valence-electron chi connectivity index (χ3n) is 0.934. The smallest absolute Gasteiger partial charge is 0.0744 e. The molecular weight excluding hydrogens is 136 g/mol. The van der Waals surface area contributed by atoms with Crippen LogP contribution in [0.1, 0.15) is 5.56 Å². The molecule has 0 unspecified atom stereocenters. The zero-order valence-corrected chi connectivity index (χ0v) is 6.01. The third kappa shape index (κ3) is 1.73. The van der Waals surface area contributed by atoms with Crippen LogP contribution < -0.4 is 0 Å². The van der Waals surface area contributed by atoms with E-state index in [1.165, 1.54) is 4.09 Å². The molecule has 1 aromatic heterocycles. The molecule has 0 atom stereocenters. The molecule has 9 heavy (non-hydrogen) atoms. The molecule has 50 valence electrons. The number of aromatic nitrogens is 2. The van der Waals surface area contributed by atoms with Gasteiger partial charge in [-0.2, -0.15) is 5.10 Å². The lowest BCUT2D eigenvalue weighted by Crippen LogP contribution is -1.82. The second-order valence-electron chi connectivity index (χ2n) is 1.70. The molecule has 0 aliphatic rings. The third-order valence-corrected chi connectivity index (χ3v) is 1.15. The Balaban J connectivity index is 2.61. The predicted molar refractivity (Wildman–Crippen MR) is 37.3 cm³/mol. The monoisotopic (exact) mass is 144 g/mol. The first-order valence-corrected chi connectivity index (χ1v) is 2.94. The van der Waals surface area contributed by atoms with E-state index < -0.39 is 0 Å². The van der Waals surface area contributed by atoms with E-state index in [4.69, 9.17) is 4.74 Å². The normalized spacial score (nSPS) is 10.0. The van der Waals surface area contributed by atoms with E-state index >= 15 is 0 Å². The van der Waals surface area contributed by atoms with Crippen molar-refractivity contribution in [2.45, 2.75) is 6.61 Å². The Morgan fingerprint density at radius 1 is 1.89 bits per heavy atom. The van der Waals surface area contributed by atoms with Gasteiger partial charge in [0.1, 0.15) is 0 Å². The molecule has 0 saturated heterocycles. The molecule has 0 radical (unpaired) electrons. The average Bonchev–Trinajstić information content (AvgIpc) is 2.17. The summed E-state index contributed by atoms with van der Waals surface area (Å²) in [7, 11) is 1.65. The van der Waals surface area contributed by atoms with Crippen LogP contribution in [0.3, 0.4) is 0 Å². The molecule has 0 aromatic carbocycles. The first-order chi connectivity index (χ1) is 4.33. The summed E-state index contributed by atoms with van der Waals surface area (Å²) < 4.78 is 6.31. The molecule has 0 fully saturated rings. The fraction of sp³-hybridized carbons (Fsp3) is 0.400. The standard InChI is InChI=1S/C5H8N2OS/c1-8-4-5-2-6-7(9)3-5/h2-3,9H,4H2,1H3. The SMILES string of the molecule is COCc1cnn(S)c1.